The molecule has 0 fully saturated rings. The van der Waals surface area contributed by atoms with Crippen LogP contribution in [0.25, 0.3) is 21.9 Å². The molecule has 0 aliphatic heterocycles. The monoisotopic (exact) mass is 296 g/mol. The van der Waals surface area contributed by atoms with Crippen molar-refractivity contribution >= 4 is 21.9 Å². The Balaban J connectivity index is 2.20. The third-order valence-electron chi connectivity index (χ3n) is 5.13. The van der Waals surface area contributed by atoms with Crippen LogP contribution in [-0.2, 0) is 12.8 Å². The van der Waals surface area contributed by atoms with Gasteiger partial charge in [-0.25, -0.2) is 4.79 Å². The summed E-state index contributed by atoms with van der Waals surface area (Å²) in [5.41, 5.74) is 5.59. The molecule has 0 radical (unpaired) electrons. The van der Waals surface area contributed by atoms with Gasteiger partial charge in [-0.05, 0) is 63.6 Å². The van der Waals surface area contributed by atoms with Crippen LogP contribution in [0.5, 0.6) is 0 Å². The van der Waals surface area contributed by atoms with Crippen molar-refractivity contribution in [3.8, 4) is 0 Å². The van der Waals surface area contributed by atoms with E-state index >= 15 is 0 Å². The van der Waals surface area contributed by atoms with E-state index in [1.165, 1.54) is 17.5 Å². The Hall–Kier alpha value is -2.03. The quantitative estimate of drug-likeness (QED) is 0.445. The summed E-state index contributed by atoms with van der Waals surface area (Å²) in [5.74, 6) is 0.932. The summed E-state index contributed by atoms with van der Waals surface area (Å²) >= 11 is 0. The number of furan rings is 1. The van der Waals surface area contributed by atoms with Crippen molar-refractivity contribution in [2.24, 2.45) is 0 Å². The fraction of sp³-hybridized carbons (Fsp3) is 0.421. The van der Waals surface area contributed by atoms with E-state index in [9.17, 15) is 4.79 Å². The van der Waals surface area contributed by atoms with Gasteiger partial charge in [-0.3, -0.25) is 0 Å². The van der Waals surface area contributed by atoms with Gasteiger partial charge in [0.15, 0.2) is 0 Å². The molecule has 0 bridgehead atoms. The maximum Gasteiger partial charge on any atom is 0.339 e. The standard InChI is InChI=1S/C19H20O3/c1-10-12(3)21-17-11(2)18-16(9-15(10)17)13-7-5-4-6-8-14(13)19(20)22-18/h9H,4-8H2,1-3H3. The molecular formula is C19H20O3. The highest BCUT2D eigenvalue weighted by atomic mass is 16.4. The summed E-state index contributed by atoms with van der Waals surface area (Å²) in [6, 6.07) is 2.16. The van der Waals surface area contributed by atoms with E-state index in [-0.39, 0.29) is 5.63 Å². The van der Waals surface area contributed by atoms with E-state index in [0.717, 1.165) is 58.9 Å². The second kappa shape index (κ2) is 4.73. The largest absolute Gasteiger partial charge is 0.461 e. The summed E-state index contributed by atoms with van der Waals surface area (Å²) in [6.07, 6.45) is 5.22. The zero-order valence-electron chi connectivity index (χ0n) is 13.3. The van der Waals surface area contributed by atoms with E-state index in [2.05, 4.69) is 13.0 Å². The van der Waals surface area contributed by atoms with Gasteiger partial charge in [0, 0.05) is 21.9 Å². The van der Waals surface area contributed by atoms with E-state index in [1.54, 1.807) is 0 Å². The molecule has 2 aromatic heterocycles. The summed E-state index contributed by atoms with van der Waals surface area (Å²) < 4.78 is 11.6. The Morgan fingerprint density at radius 3 is 2.27 bits per heavy atom. The Bertz CT molecular complexity index is 957. The van der Waals surface area contributed by atoms with Crippen molar-refractivity contribution < 1.29 is 8.83 Å². The van der Waals surface area contributed by atoms with Crippen molar-refractivity contribution in [1.29, 1.82) is 0 Å². The summed E-state index contributed by atoms with van der Waals surface area (Å²) in [7, 11) is 0. The predicted molar refractivity (Wildman–Crippen MR) is 87.7 cm³/mol. The highest BCUT2D eigenvalue weighted by molar-refractivity contribution is 6.00. The predicted octanol–water partition coefficient (Wildman–Crippen LogP) is 4.73. The van der Waals surface area contributed by atoms with Crippen LogP contribution >= 0.6 is 0 Å². The van der Waals surface area contributed by atoms with Gasteiger partial charge < -0.3 is 8.83 Å². The highest BCUT2D eigenvalue weighted by Crippen LogP contribution is 2.35. The molecule has 114 valence electrons. The summed E-state index contributed by atoms with van der Waals surface area (Å²) in [4.78, 5) is 12.4. The lowest BCUT2D eigenvalue weighted by molar-refractivity contribution is 0.541. The Morgan fingerprint density at radius 2 is 1.50 bits per heavy atom. The van der Waals surface area contributed by atoms with Crippen molar-refractivity contribution in [2.75, 3.05) is 0 Å². The molecule has 4 rings (SSSR count). The SMILES string of the molecule is Cc1oc2c(C)c3oc(=O)c4c(c3cc2c1C)CCCCC4. The van der Waals surface area contributed by atoms with Crippen molar-refractivity contribution in [2.45, 2.75) is 52.9 Å². The lowest BCUT2D eigenvalue weighted by Gasteiger charge is -2.10. The molecule has 0 N–H and O–H groups in total. The molecule has 2 heterocycles. The minimum atomic E-state index is -0.160. The molecule has 0 saturated heterocycles. The molecule has 0 saturated carbocycles. The number of rotatable bonds is 0. The number of hydrogen-bond donors (Lipinski definition) is 0. The average molecular weight is 296 g/mol. The molecule has 0 atom stereocenters. The zero-order chi connectivity index (χ0) is 15.4. The van der Waals surface area contributed by atoms with E-state index in [0.29, 0.717) is 5.58 Å². The Kier molecular flexibility index (Phi) is 2.93. The van der Waals surface area contributed by atoms with Crippen LogP contribution < -0.4 is 5.63 Å². The molecular weight excluding hydrogens is 276 g/mol. The molecule has 3 aromatic rings. The smallest absolute Gasteiger partial charge is 0.339 e. The molecule has 0 unspecified atom stereocenters. The van der Waals surface area contributed by atoms with Crippen LogP contribution in [0.3, 0.4) is 0 Å². The average Bonchev–Trinajstić information content (AvgIpc) is 2.70. The number of aryl methyl sites for hydroxylation is 4. The third kappa shape index (κ3) is 1.78. The molecule has 0 spiro atoms. The number of benzene rings is 1. The first-order chi connectivity index (χ1) is 10.6. The maximum absolute atomic E-state index is 12.4. The van der Waals surface area contributed by atoms with Gasteiger partial charge in [0.2, 0.25) is 0 Å². The van der Waals surface area contributed by atoms with E-state index in [4.69, 9.17) is 8.83 Å². The van der Waals surface area contributed by atoms with Gasteiger partial charge in [0.25, 0.3) is 0 Å². The number of hydrogen-bond acceptors (Lipinski definition) is 3. The van der Waals surface area contributed by atoms with Crippen molar-refractivity contribution in [3.05, 3.63) is 44.5 Å². The van der Waals surface area contributed by atoms with Crippen LogP contribution in [0.1, 0.15) is 47.3 Å². The van der Waals surface area contributed by atoms with Gasteiger partial charge in [0.1, 0.15) is 16.9 Å². The van der Waals surface area contributed by atoms with Crippen LogP contribution in [0.2, 0.25) is 0 Å². The minimum Gasteiger partial charge on any atom is -0.461 e. The van der Waals surface area contributed by atoms with Crippen LogP contribution in [0.15, 0.2) is 19.7 Å². The van der Waals surface area contributed by atoms with Crippen molar-refractivity contribution in [1.82, 2.24) is 0 Å². The van der Waals surface area contributed by atoms with Gasteiger partial charge in [0.05, 0.1) is 0 Å². The first-order valence-corrected chi connectivity index (χ1v) is 8.06. The molecule has 1 aromatic carbocycles. The van der Waals surface area contributed by atoms with E-state index in [1.807, 2.05) is 13.8 Å². The highest BCUT2D eigenvalue weighted by Gasteiger charge is 2.21. The van der Waals surface area contributed by atoms with Gasteiger partial charge in [-0.1, -0.05) is 6.42 Å². The lowest BCUT2D eigenvalue weighted by atomic mass is 9.97. The Labute approximate surface area is 128 Å². The van der Waals surface area contributed by atoms with Gasteiger partial charge in [-0.2, -0.15) is 0 Å². The van der Waals surface area contributed by atoms with Gasteiger partial charge in [-0.15, -0.1) is 0 Å². The lowest BCUT2D eigenvalue weighted by Crippen LogP contribution is -2.11. The third-order valence-corrected chi connectivity index (χ3v) is 5.13. The fourth-order valence-corrected chi connectivity index (χ4v) is 3.73. The van der Waals surface area contributed by atoms with Crippen LogP contribution in [0.4, 0.5) is 0 Å². The second-order valence-corrected chi connectivity index (χ2v) is 6.45. The van der Waals surface area contributed by atoms with Gasteiger partial charge >= 0.3 is 5.63 Å². The Morgan fingerprint density at radius 1 is 0.818 bits per heavy atom. The molecule has 0 amide bonds. The first kappa shape index (κ1) is 13.6. The molecule has 22 heavy (non-hydrogen) atoms. The summed E-state index contributed by atoms with van der Waals surface area (Å²) in [6.45, 7) is 6.05. The molecule has 1 aliphatic rings. The maximum atomic E-state index is 12.4. The summed E-state index contributed by atoms with van der Waals surface area (Å²) in [5, 5.41) is 2.24. The second-order valence-electron chi connectivity index (χ2n) is 6.45. The number of fused-ring (bicyclic) bond motifs is 4. The molecule has 1 aliphatic carbocycles. The molecule has 3 heteroatoms. The topological polar surface area (TPSA) is 43.4 Å². The van der Waals surface area contributed by atoms with Crippen LogP contribution in [-0.4, -0.2) is 0 Å². The minimum absolute atomic E-state index is 0.160. The van der Waals surface area contributed by atoms with E-state index < -0.39 is 0 Å². The molecule has 3 nitrogen and oxygen atoms in total. The fourth-order valence-electron chi connectivity index (χ4n) is 3.73. The van der Waals surface area contributed by atoms with Crippen LogP contribution in [0, 0.1) is 20.8 Å². The first-order valence-electron chi connectivity index (χ1n) is 8.06. The zero-order valence-corrected chi connectivity index (χ0v) is 13.3. The van der Waals surface area contributed by atoms with Crippen molar-refractivity contribution in [3.63, 3.8) is 0 Å². The normalized spacial score (nSPS) is 15.2.